The van der Waals surface area contributed by atoms with Crippen molar-refractivity contribution >= 4 is 43.6 Å². The summed E-state index contributed by atoms with van der Waals surface area (Å²) in [5.74, 6) is 1.87. The Morgan fingerprint density at radius 3 is 1.62 bits per heavy atom. The lowest BCUT2D eigenvalue weighted by molar-refractivity contribution is 0.953. The quantitative estimate of drug-likeness (QED) is 0.209. The van der Waals surface area contributed by atoms with Crippen LogP contribution in [0, 0.1) is 6.92 Å². The fourth-order valence-corrected chi connectivity index (χ4v) is 6.56. The molecule has 0 aliphatic heterocycles. The van der Waals surface area contributed by atoms with E-state index in [1.165, 1.54) is 32.6 Å². The fraction of sp³-hybridized carbons (Fsp3) is 0.0250. The van der Waals surface area contributed by atoms with Gasteiger partial charge in [0.15, 0.2) is 11.6 Å². The van der Waals surface area contributed by atoms with Gasteiger partial charge in [0, 0.05) is 38.4 Å². The van der Waals surface area contributed by atoms with E-state index in [0.29, 0.717) is 17.6 Å². The van der Waals surface area contributed by atoms with Gasteiger partial charge in [-0.2, -0.15) is 9.97 Å². The number of para-hydroxylation sites is 2. The van der Waals surface area contributed by atoms with Gasteiger partial charge in [0.1, 0.15) is 0 Å². The average Bonchev–Trinajstić information content (AvgIpc) is 3.60. The summed E-state index contributed by atoms with van der Waals surface area (Å²) in [7, 11) is 0. The molecule has 5 heteroatoms. The molecule has 212 valence electrons. The molecule has 0 fully saturated rings. The Morgan fingerprint density at radius 2 is 0.933 bits per heavy atom. The summed E-state index contributed by atoms with van der Waals surface area (Å²) in [6.07, 6.45) is 0. The Labute approximate surface area is 259 Å². The number of aromatic nitrogens is 5. The van der Waals surface area contributed by atoms with Crippen molar-refractivity contribution in [3.8, 4) is 34.4 Å². The Bertz CT molecular complexity index is 2470. The van der Waals surface area contributed by atoms with Crippen LogP contribution in [-0.2, 0) is 0 Å². The van der Waals surface area contributed by atoms with Gasteiger partial charge in [0.05, 0.1) is 22.1 Å². The van der Waals surface area contributed by atoms with Crippen LogP contribution in [-0.4, -0.2) is 24.1 Å². The van der Waals surface area contributed by atoms with Gasteiger partial charge >= 0.3 is 0 Å². The van der Waals surface area contributed by atoms with E-state index < -0.39 is 0 Å². The van der Waals surface area contributed by atoms with Crippen molar-refractivity contribution in [2.75, 3.05) is 0 Å². The molecule has 0 bridgehead atoms. The zero-order chi connectivity index (χ0) is 29.9. The van der Waals surface area contributed by atoms with Gasteiger partial charge in [-0.25, -0.2) is 4.98 Å². The molecule has 0 N–H and O–H groups in total. The zero-order valence-electron chi connectivity index (χ0n) is 24.6. The number of hydrogen-bond acceptors (Lipinski definition) is 3. The minimum Gasteiger partial charge on any atom is -0.309 e. The van der Waals surface area contributed by atoms with Crippen molar-refractivity contribution in [1.29, 1.82) is 0 Å². The van der Waals surface area contributed by atoms with Gasteiger partial charge in [-0.3, -0.25) is 4.57 Å². The largest absolute Gasteiger partial charge is 0.309 e. The first kappa shape index (κ1) is 25.4. The molecule has 0 atom stereocenters. The van der Waals surface area contributed by atoms with Crippen LogP contribution in [0.15, 0.2) is 146 Å². The van der Waals surface area contributed by atoms with Crippen LogP contribution >= 0.6 is 0 Å². The summed E-state index contributed by atoms with van der Waals surface area (Å²) in [4.78, 5) is 15.2. The summed E-state index contributed by atoms with van der Waals surface area (Å²) in [5, 5.41) is 4.78. The SMILES string of the molecule is Cc1ccc2c(c1)c1cc3c4ccccc4n(-c4ccccc4)c3cc1n2-c1nc(-c2ccccc2)nc(-c2ccccc2)n1. The van der Waals surface area contributed by atoms with Crippen molar-refractivity contribution < 1.29 is 0 Å². The number of hydrogen-bond donors (Lipinski definition) is 0. The summed E-state index contributed by atoms with van der Waals surface area (Å²) in [6.45, 7) is 2.15. The Kier molecular flexibility index (Phi) is 5.65. The minimum atomic E-state index is 0.591. The van der Waals surface area contributed by atoms with E-state index in [9.17, 15) is 0 Å². The van der Waals surface area contributed by atoms with Crippen LogP contribution < -0.4 is 0 Å². The topological polar surface area (TPSA) is 48.5 Å². The molecule has 3 aromatic heterocycles. The molecular formula is C40H27N5. The maximum absolute atomic E-state index is 5.13. The molecule has 0 aliphatic rings. The summed E-state index contributed by atoms with van der Waals surface area (Å²) in [5.41, 5.74) is 8.64. The van der Waals surface area contributed by atoms with Gasteiger partial charge in [-0.1, -0.05) is 109 Å². The Hall–Kier alpha value is -6.07. The monoisotopic (exact) mass is 577 g/mol. The second-order valence-electron chi connectivity index (χ2n) is 11.4. The third kappa shape index (κ3) is 4.05. The van der Waals surface area contributed by atoms with Crippen LogP contribution in [0.3, 0.4) is 0 Å². The molecule has 0 unspecified atom stereocenters. The zero-order valence-corrected chi connectivity index (χ0v) is 24.6. The van der Waals surface area contributed by atoms with Gasteiger partial charge in [0.2, 0.25) is 5.95 Å². The van der Waals surface area contributed by atoms with Crippen LogP contribution in [0.1, 0.15) is 5.56 Å². The van der Waals surface area contributed by atoms with Crippen LogP contribution in [0.2, 0.25) is 0 Å². The van der Waals surface area contributed by atoms with Gasteiger partial charge < -0.3 is 4.57 Å². The van der Waals surface area contributed by atoms with E-state index in [1.807, 2.05) is 60.7 Å². The summed E-state index contributed by atoms with van der Waals surface area (Å²) < 4.78 is 4.56. The normalized spacial score (nSPS) is 11.7. The van der Waals surface area contributed by atoms with E-state index in [4.69, 9.17) is 15.0 Å². The molecule has 0 amide bonds. The first-order valence-corrected chi connectivity index (χ1v) is 15.1. The van der Waals surface area contributed by atoms with E-state index in [2.05, 4.69) is 101 Å². The molecule has 0 saturated heterocycles. The number of aryl methyl sites for hydroxylation is 1. The lowest BCUT2D eigenvalue weighted by atomic mass is 10.1. The van der Waals surface area contributed by atoms with Crippen LogP contribution in [0.5, 0.6) is 0 Å². The van der Waals surface area contributed by atoms with Gasteiger partial charge in [-0.15, -0.1) is 0 Å². The number of benzene rings is 6. The lowest BCUT2D eigenvalue weighted by Crippen LogP contribution is -2.06. The maximum Gasteiger partial charge on any atom is 0.238 e. The predicted octanol–water partition coefficient (Wildman–Crippen LogP) is 9.71. The summed E-state index contributed by atoms with van der Waals surface area (Å²) in [6, 6.07) is 50.8. The van der Waals surface area contributed by atoms with E-state index >= 15 is 0 Å². The van der Waals surface area contributed by atoms with Crippen LogP contribution in [0.4, 0.5) is 0 Å². The molecule has 5 nitrogen and oxygen atoms in total. The fourth-order valence-electron chi connectivity index (χ4n) is 6.56. The molecule has 0 saturated carbocycles. The smallest absolute Gasteiger partial charge is 0.238 e. The second-order valence-corrected chi connectivity index (χ2v) is 11.4. The van der Waals surface area contributed by atoms with E-state index in [1.54, 1.807) is 0 Å². The maximum atomic E-state index is 5.13. The first-order chi connectivity index (χ1) is 22.2. The highest BCUT2D eigenvalue weighted by Gasteiger charge is 2.21. The van der Waals surface area contributed by atoms with Crippen LogP contribution in [0.25, 0.3) is 78.0 Å². The van der Waals surface area contributed by atoms with Crippen molar-refractivity contribution in [2.45, 2.75) is 6.92 Å². The minimum absolute atomic E-state index is 0.591. The Morgan fingerprint density at radius 1 is 0.400 bits per heavy atom. The highest BCUT2D eigenvalue weighted by molar-refractivity contribution is 6.19. The molecule has 9 aromatic rings. The third-order valence-electron chi connectivity index (χ3n) is 8.62. The number of nitrogens with zero attached hydrogens (tertiary/aromatic N) is 5. The average molecular weight is 578 g/mol. The highest BCUT2D eigenvalue weighted by atomic mass is 15.2. The Balaban J connectivity index is 1.42. The lowest BCUT2D eigenvalue weighted by Gasteiger charge is -2.11. The molecule has 9 rings (SSSR count). The standard InChI is InChI=1S/C40H27N5/c1-26-21-22-35-31(23-26)33-24-32-30-19-11-12-20-34(30)44(29-17-9-4-10-18-29)36(32)25-37(33)45(35)40-42-38(27-13-5-2-6-14-27)41-39(43-40)28-15-7-3-8-16-28/h2-25H,1H3. The molecule has 3 heterocycles. The van der Waals surface area contributed by atoms with Crippen molar-refractivity contribution in [2.24, 2.45) is 0 Å². The van der Waals surface area contributed by atoms with Crippen molar-refractivity contribution in [1.82, 2.24) is 24.1 Å². The number of fused-ring (bicyclic) bond motifs is 6. The molecule has 0 spiro atoms. The molecule has 6 aromatic carbocycles. The van der Waals surface area contributed by atoms with Crippen molar-refractivity contribution in [3.63, 3.8) is 0 Å². The first-order valence-electron chi connectivity index (χ1n) is 15.1. The highest BCUT2D eigenvalue weighted by Crippen LogP contribution is 2.39. The molecule has 45 heavy (non-hydrogen) atoms. The van der Waals surface area contributed by atoms with E-state index in [-0.39, 0.29) is 0 Å². The predicted molar refractivity (Wildman–Crippen MR) is 184 cm³/mol. The summed E-state index contributed by atoms with van der Waals surface area (Å²) >= 11 is 0. The molecule has 0 aliphatic carbocycles. The van der Waals surface area contributed by atoms with Gasteiger partial charge in [0.25, 0.3) is 0 Å². The van der Waals surface area contributed by atoms with Gasteiger partial charge in [-0.05, 0) is 49.4 Å². The molecule has 0 radical (unpaired) electrons. The third-order valence-corrected chi connectivity index (χ3v) is 8.62. The number of rotatable bonds is 4. The molecular weight excluding hydrogens is 550 g/mol. The van der Waals surface area contributed by atoms with E-state index in [0.717, 1.165) is 33.4 Å². The second kappa shape index (κ2) is 10.00. The van der Waals surface area contributed by atoms with Crippen molar-refractivity contribution in [3.05, 3.63) is 151 Å².